The van der Waals surface area contributed by atoms with Crippen molar-refractivity contribution in [1.82, 2.24) is 14.5 Å². The third kappa shape index (κ3) is 3.90. The van der Waals surface area contributed by atoms with E-state index < -0.39 is 47.8 Å². The number of ether oxygens (including phenoxy) is 1. The van der Waals surface area contributed by atoms with Gasteiger partial charge in [-0.2, -0.15) is 0 Å². The molecule has 10 nitrogen and oxygen atoms in total. The van der Waals surface area contributed by atoms with Crippen molar-refractivity contribution in [2.24, 2.45) is 0 Å². The smallest absolute Gasteiger partial charge is 0.330 e. The molecule has 0 aliphatic carbocycles. The number of carboxylic acid groups (broad SMARTS) is 1. The molecule has 3 rings (SSSR count). The minimum atomic E-state index is -1.56. The summed E-state index contributed by atoms with van der Waals surface area (Å²) < 4.78 is 6.50. The molecule has 0 bridgehead atoms. The fourth-order valence-corrected chi connectivity index (χ4v) is 3.35. The molecule has 1 saturated heterocycles. The van der Waals surface area contributed by atoms with Crippen LogP contribution in [0.1, 0.15) is 11.8 Å². The van der Waals surface area contributed by atoms with Crippen molar-refractivity contribution in [3.05, 3.63) is 69.0 Å². The zero-order chi connectivity index (χ0) is 20.4. The number of benzene rings is 1. The Bertz CT molecular complexity index is 942. The third-order valence-electron chi connectivity index (χ3n) is 4.71. The lowest BCUT2D eigenvalue weighted by atomic mass is 10.0. The minimum Gasteiger partial charge on any atom is -0.480 e. The molecule has 1 aliphatic rings. The number of carboxylic acids is 1. The summed E-state index contributed by atoms with van der Waals surface area (Å²) in [7, 11) is 1.56. The summed E-state index contributed by atoms with van der Waals surface area (Å²) in [5.74, 6) is -1.25. The number of H-pyrrole nitrogens is 1. The molecule has 1 aromatic heterocycles. The Labute approximate surface area is 159 Å². The molecular formula is C18H21N3O7. The van der Waals surface area contributed by atoms with Crippen LogP contribution >= 0.6 is 0 Å². The predicted molar refractivity (Wildman–Crippen MR) is 96.6 cm³/mol. The van der Waals surface area contributed by atoms with Gasteiger partial charge in [0.15, 0.2) is 6.23 Å². The van der Waals surface area contributed by atoms with Crippen LogP contribution < -0.4 is 11.2 Å². The van der Waals surface area contributed by atoms with E-state index in [0.29, 0.717) is 0 Å². The van der Waals surface area contributed by atoms with Crippen molar-refractivity contribution in [1.29, 1.82) is 0 Å². The highest BCUT2D eigenvalue weighted by atomic mass is 16.6. The highest BCUT2D eigenvalue weighted by Crippen LogP contribution is 2.32. The predicted octanol–water partition coefficient (Wildman–Crippen LogP) is -1.26. The monoisotopic (exact) mass is 391 g/mol. The van der Waals surface area contributed by atoms with Crippen molar-refractivity contribution in [3.63, 3.8) is 0 Å². The molecule has 2 heterocycles. The number of aromatic nitrogens is 2. The van der Waals surface area contributed by atoms with Crippen molar-refractivity contribution >= 4 is 5.97 Å². The quantitative estimate of drug-likeness (QED) is 0.478. The van der Waals surface area contributed by atoms with Gasteiger partial charge >= 0.3 is 11.7 Å². The lowest BCUT2D eigenvalue weighted by molar-refractivity contribution is -0.153. The number of likely N-dealkylation sites (N-methyl/N-ethyl adjacent to an activating group) is 1. The molecule has 1 aromatic carbocycles. The number of carbonyl (C=O) groups is 1. The van der Waals surface area contributed by atoms with Gasteiger partial charge in [-0.3, -0.25) is 24.0 Å². The van der Waals surface area contributed by atoms with Crippen LogP contribution in [0.25, 0.3) is 0 Å². The average Bonchev–Trinajstić information content (AvgIpc) is 2.91. The highest BCUT2D eigenvalue weighted by molar-refractivity contribution is 5.74. The van der Waals surface area contributed by atoms with Gasteiger partial charge in [0.1, 0.15) is 24.4 Å². The van der Waals surface area contributed by atoms with E-state index in [1.54, 1.807) is 7.05 Å². The Hall–Kier alpha value is -2.79. The van der Waals surface area contributed by atoms with Gasteiger partial charge in [0.25, 0.3) is 5.56 Å². The zero-order valence-corrected chi connectivity index (χ0v) is 15.0. The van der Waals surface area contributed by atoms with Gasteiger partial charge in [-0.05, 0) is 12.6 Å². The standard InChI is InChI=1S/C18H21N3O7/c1-20(9-10-5-3-2-4-6-10)12(17(25)26)15-13(23)14(24)16(28-15)21-8-7-11(22)19-18(21)27/h2-8,12-16,23-24H,9H2,1H3,(H,25,26)(H,19,22,27)/t12-,13-,14+,15+,16+/m0/s1. The Morgan fingerprint density at radius 3 is 2.50 bits per heavy atom. The summed E-state index contributed by atoms with van der Waals surface area (Å²) in [6, 6.07) is 8.92. The van der Waals surface area contributed by atoms with E-state index in [0.717, 1.165) is 22.4 Å². The molecule has 28 heavy (non-hydrogen) atoms. The number of aliphatic hydroxyl groups is 2. The van der Waals surface area contributed by atoms with Crippen molar-refractivity contribution in [2.75, 3.05) is 7.05 Å². The van der Waals surface area contributed by atoms with Crippen molar-refractivity contribution in [2.45, 2.75) is 37.1 Å². The minimum absolute atomic E-state index is 0.268. The van der Waals surface area contributed by atoms with Crippen LogP contribution in [0.5, 0.6) is 0 Å². The summed E-state index contributed by atoms with van der Waals surface area (Å²) in [5.41, 5.74) is -0.608. The number of nitrogens with zero attached hydrogens (tertiary/aromatic N) is 2. The number of hydrogen-bond acceptors (Lipinski definition) is 7. The fourth-order valence-electron chi connectivity index (χ4n) is 3.35. The Morgan fingerprint density at radius 2 is 1.89 bits per heavy atom. The summed E-state index contributed by atoms with van der Waals surface area (Å²) in [5, 5.41) is 30.5. The number of hydrogen-bond donors (Lipinski definition) is 4. The second kappa shape index (κ2) is 8.07. The van der Waals surface area contributed by atoms with Crippen LogP contribution in [0.2, 0.25) is 0 Å². The SMILES string of the molecule is CN(Cc1ccccc1)[C@H](C(=O)O)[C@H]1O[C@@H](n2ccc(=O)[nH]c2=O)[C@H](O)[C@@H]1O. The van der Waals surface area contributed by atoms with Crippen LogP contribution in [0.3, 0.4) is 0 Å². The molecule has 0 saturated carbocycles. The van der Waals surface area contributed by atoms with Gasteiger partial charge in [-0.15, -0.1) is 0 Å². The second-order valence-electron chi connectivity index (χ2n) is 6.67. The molecule has 0 spiro atoms. The largest absolute Gasteiger partial charge is 0.480 e. The Kier molecular flexibility index (Phi) is 5.75. The van der Waals surface area contributed by atoms with Crippen molar-refractivity contribution < 1.29 is 24.9 Å². The number of rotatable bonds is 6. The summed E-state index contributed by atoms with van der Waals surface area (Å²) in [4.78, 5) is 38.6. The lowest BCUT2D eigenvalue weighted by Gasteiger charge is -2.30. The Balaban J connectivity index is 1.86. The molecule has 1 aliphatic heterocycles. The van der Waals surface area contributed by atoms with Crippen LogP contribution in [0, 0.1) is 0 Å². The molecule has 2 aromatic rings. The van der Waals surface area contributed by atoms with E-state index in [1.807, 2.05) is 35.3 Å². The molecule has 10 heteroatoms. The summed E-state index contributed by atoms with van der Waals surface area (Å²) >= 11 is 0. The van der Waals surface area contributed by atoms with Gasteiger partial charge in [0.05, 0.1) is 0 Å². The van der Waals surface area contributed by atoms with Crippen molar-refractivity contribution in [3.8, 4) is 0 Å². The van der Waals surface area contributed by atoms with E-state index >= 15 is 0 Å². The van der Waals surface area contributed by atoms with E-state index in [1.165, 1.54) is 4.90 Å². The van der Waals surface area contributed by atoms with E-state index in [4.69, 9.17) is 4.74 Å². The molecule has 0 amide bonds. The first-order chi connectivity index (χ1) is 13.3. The van der Waals surface area contributed by atoms with Crippen LogP contribution in [-0.4, -0.2) is 67.1 Å². The van der Waals surface area contributed by atoms with Gasteiger partial charge in [0, 0.05) is 18.8 Å². The highest BCUT2D eigenvalue weighted by Gasteiger charge is 2.50. The maximum Gasteiger partial charge on any atom is 0.330 e. The first kappa shape index (κ1) is 20.0. The average molecular weight is 391 g/mol. The lowest BCUT2D eigenvalue weighted by Crippen LogP contribution is -2.51. The maximum absolute atomic E-state index is 12.0. The second-order valence-corrected chi connectivity index (χ2v) is 6.67. The van der Waals surface area contributed by atoms with Crippen LogP contribution in [0.4, 0.5) is 0 Å². The topological polar surface area (TPSA) is 145 Å². The van der Waals surface area contributed by atoms with Crippen LogP contribution in [0.15, 0.2) is 52.2 Å². The molecule has 4 N–H and O–H groups in total. The number of aliphatic hydroxyl groups excluding tert-OH is 2. The van der Waals surface area contributed by atoms with E-state index in [9.17, 15) is 29.7 Å². The van der Waals surface area contributed by atoms with Gasteiger partial charge in [0.2, 0.25) is 0 Å². The number of nitrogens with one attached hydrogen (secondary N) is 1. The van der Waals surface area contributed by atoms with Crippen LogP contribution in [-0.2, 0) is 16.1 Å². The van der Waals surface area contributed by atoms with E-state index in [2.05, 4.69) is 0 Å². The zero-order valence-electron chi connectivity index (χ0n) is 15.0. The first-order valence-corrected chi connectivity index (χ1v) is 8.59. The number of aliphatic carboxylic acids is 1. The normalized spacial score (nSPS) is 25.7. The first-order valence-electron chi connectivity index (χ1n) is 8.59. The molecule has 0 unspecified atom stereocenters. The number of aromatic amines is 1. The summed E-state index contributed by atoms with van der Waals surface area (Å²) in [6.45, 7) is 0.268. The fraction of sp³-hybridized carbons (Fsp3) is 0.389. The molecular weight excluding hydrogens is 370 g/mol. The summed E-state index contributed by atoms with van der Waals surface area (Å²) in [6.07, 6.45) is -4.63. The molecule has 1 fully saturated rings. The van der Waals surface area contributed by atoms with Gasteiger partial charge in [-0.25, -0.2) is 4.79 Å². The Morgan fingerprint density at radius 1 is 1.21 bits per heavy atom. The maximum atomic E-state index is 12.0. The molecule has 150 valence electrons. The third-order valence-corrected chi connectivity index (χ3v) is 4.71. The van der Waals surface area contributed by atoms with Gasteiger partial charge < -0.3 is 20.1 Å². The molecule has 5 atom stereocenters. The van der Waals surface area contributed by atoms with E-state index in [-0.39, 0.29) is 6.54 Å². The van der Waals surface area contributed by atoms with Gasteiger partial charge in [-0.1, -0.05) is 30.3 Å². The molecule has 0 radical (unpaired) electrons.